The summed E-state index contributed by atoms with van der Waals surface area (Å²) in [7, 11) is 0. The van der Waals surface area contributed by atoms with Crippen LogP contribution < -0.4 is 10.3 Å². The molecule has 21 heavy (non-hydrogen) atoms. The molecule has 3 heteroatoms. The van der Waals surface area contributed by atoms with Crippen LogP contribution in [-0.4, -0.2) is 13.1 Å². The van der Waals surface area contributed by atoms with Crippen molar-refractivity contribution in [2.24, 2.45) is 0 Å². The summed E-state index contributed by atoms with van der Waals surface area (Å²) in [5.41, 5.74) is 1.41. The van der Waals surface area contributed by atoms with Gasteiger partial charge in [0.15, 0.2) is 5.43 Å². The highest BCUT2D eigenvalue weighted by molar-refractivity contribution is 6.05. The standard InChI is InChI=1S/C18H19NO2/c1-4-19(5-2)18-12(3)17(20)16-14-9-7-6-8-13(14)10-11-15(16)21-18/h6-11H,4-5H2,1-3H3. The van der Waals surface area contributed by atoms with E-state index in [1.54, 1.807) is 0 Å². The van der Waals surface area contributed by atoms with Crippen LogP contribution in [0.5, 0.6) is 0 Å². The summed E-state index contributed by atoms with van der Waals surface area (Å²) in [4.78, 5) is 14.9. The van der Waals surface area contributed by atoms with E-state index >= 15 is 0 Å². The third-order valence-corrected chi connectivity index (χ3v) is 4.04. The monoisotopic (exact) mass is 281 g/mol. The Kier molecular flexibility index (Phi) is 3.42. The van der Waals surface area contributed by atoms with E-state index in [-0.39, 0.29) is 5.43 Å². The highest BCUT2D eigenvalue weighted by Crippen LogP contribution is 2.28. The molecule has 0 saturated heterocycles. The van der Waals surface area contributed by atoms with Crippen molar-refractivity contribution in [1.29, 1.82) is 0 Å². The lowest BCUT2D eigenvalue weighted by Crippen LogP contribution is -2.25. The third kappa shape index (κ3) is 2.09. The van der Waals surface area contributed by atoms with Crippen molar-refractivity contribution in [3.05, 3.63) is 52.2 Å². The molecular weight excluding hydrogens is 262 g/mol. The predicted molar refractivity (Wildman–Crippen MR) is 88.3 cm³/mol. The molecule has 0 N–H and O–H groups in total. The lowest BCUT2D eigenvalue weighted by molar-refractivity contribution is 0.573. The predicted octanol–water partition coefficient (Wildman–Crippen LogP) is 4.10. The first-order valence-corrected chi connectivity index (χ1v) is 7.37. The number of nitrogens with zero attached hydrogens (tertiary/aromatic N) is 1. The Hall–Kier alpha value is -2.29. The first-order chi connectivity index (χ1) is 10.2. The smallest absolute Gasteiger partial charge is 0.202 e. The van der Waals surface area contributed by atoms with Crippen LogP contribution in [0.2, 0.25) is 0 Å². The van der Waals surface area contributed by atoms with E-state index in [9.17, 15) is 4.79 Å². The fourth-order valence-electron chi connectivity index (χ4n) is 2.85. The SMILES string of the molecule is CCN(CC)c1oc2ccc3ccccc3c2c(=O)c1C. The van der Waals surface area contributed by atoms with Gasteiger partial charge in [0.2, 0.25) is 5.88 Å². The van der Waals surface area contributed by atoms with Gasteiger partial charge in [-0.25, -0.2) is 0 Å². The van der Waals surface area contributed by atoms with E-state index in [1.165, 1.54) is 0 Å². The summed E-state index contributed by atoms with van der Waals surface area (Å²) in [6.07, 6.45) is 0. The average molecular weight is 281 g/mol. The molecule has 0 aliphatic carbocycles. The van der Waals surface area contributed by atoms with Crippen LogP contribution in [0.3, 0.4) is 0 Å². The maximum atomic E-state index is 12.8. The van der Waals surface area contributed by atoms with Crippen molar-refractivity contribution in [2.45, 2.75) is 20.8 Å². The molecule has 0 aliphatic heterocycles. The van der Waals surface area contributed by atoms with E-state index < -0.39 is 0 Å². The van der Waals surface area contributed by atoms with Crippen LogP contribution in [0, 0.1) is 6.92 Å². The van der Waals surface area contributed by atoms with Gasteiger partial charge < -0.3 is 9.32 Å². The molecule has 1 heterocycles. The Morgan fingerprint density at radius 3 is 2.48 bits per heavy atom. The zero-order chi connectivity index (χ0) is 15.0. The molecule has 2 aromatic carbocycles. The lowest BCUT2D eigenvalue weighted by atomic mass is 10.0. The zero-order valence-electron chi connectivity index (χ0n) is 12.6. The third-order valence-electron chi connectivity index (χ3n) is 4.04. The number of hydrogen-bond acceptors (Lipinski definition) is 3. The molecule has 0 spiro atoms. The van der Waals surface area contributed by atoms with Crippen LogP contribution in [0.4, 0.5) is 5.88 Å². The molecule has 3 nitrogen and oxygen atoms in total. The molecule has 0 unspecified atom stereocenters. The van der Waals surface area contributed by atoms with E-state index in [1.807, 2.05) is 43.3 Å². The molecule has 3 rings (SSSR count). The van der Waals surface area contributed by atoms with Gasteiger partial charge in [-0.2, -0.15) is 0 Å². The van der Waals surface area contributed by atoms with Gasteiger partial charge in [0.25, 0.3) is 0 Å². The van der Waals surface area contributed by atoms with Crippen LogP contribution in [0.1, 0.15) is 19.4 Å². The summed E-state index contributed by atoms with van der Waals surface area (Å²) in [6.45, 7) is 7.61. The van der Waals surface area contributed by atoms with Gasteiger partial charge in [-0.1, -0.05) is 30.3 Å². The van der Waals surface area contributed by atoms with Crippen molar-refractivity contribution in [1.82, 2.24) is 0 Å². The maximum absolute atomic E-state index is 12.8. The van der Waals surface area contributed by atoms with Gasteiger partial charge in [-0.05, 0) is 37.6 Å². The maximum Gasteiger partial charge on any atom is 0.202 e. The highest BCUT2D eigenvalue weighted by Gasteiger charge is 2.16. The van der Waals surface area contributed by atoms with Gasteiger partial charge in [-0.3, -0.25) is 4.79 Å². The van der Waals surface area contributed by atoms with Crippen LogP contribution in [0.15, 0.2) is 45.6 Å². The zero-order valence-corrected chi connectivity index (χ0v) is 12.6. The van der Waals surface area contributed by atoms with E-state index in [0.717, 1.165) is 23.9 Å². The second kappa shape index (κ2) is 5.24. The van der Waals surface area contributed by atoms with E-state index in [0.29, 0.717) is 22.4 Å². The van der Waals surface area contributed by atoms with Crippen LogP contribution in [0.25, 0.3) is 21.7 Å². The van der Waals surface area contributed by atoms with Gasteiger partial charge in [0, 0.05) is 13.1 Å². The molecule has 0 fully saturated rings. The second-order valence-electron chi connectivity index (χ2n) is 5.19. The number of rotatable bonds is 3. The van der Waals surface area contributed by atoms with Crippen molar-refractivity contribution >= 4 is 27.6 Å². The van der Waals surface area contributed by atoms with Crippen molar-refractivity contribution in [2.75, 3.05) is 18.0 Å². The van der Waals surface area contributed by atoms with Gasteiger partial charge >= 0.3 is 0 Å². The average Bonchev–Trinajstić information content (AvgIpc) is 2.52. The van der Waals surface area contributed by atoms with Crippen molar-refractivity contribution in [3.8, 4) is 0 Å². The Morgan fingerprint density at radius 1 is 1.05 bits per heavy atom. The Bertz CT molecular complexity index is 860. The van der Waals surface area contributed by atoms with Crippen molar-refractivity contribution < 1.29 is 4.42 Å². The van der Waals surface area contributed by atoms with Gasteiger partial charge in [-0.15, -0.1) is 0 Å². The molecule has 0 bridgehead atoms. The first-order valence-electron chi connectivity index (χ1n) is 7.37. The topological polar surface area (TPSA) is 33.5 Å². The fraction of sp³-hybridized carbons (Fsp3) is 0.278. The Labute approximate surface area is 123 Å². The summed E-state index contributed by atoms with van der Waals surface area (Å²) in [5, 5.41) is 2.70. The summed E-state index contributed by atoms with van der Waals surface area (Å²) >= 11 is 0. The van der Waals surface area contributed by atoms with Gasteiger partial charge in [0.1, 0.15) is 5.58 Å². The molecule has 0 radical (unpaired) electrons. The summed E-state index contributed by atoms with van der Waals surface area (Å²) < 4.78 is 6.05. The molecule has 0 amide bonds. The van der Waals surface area contributed by atoms with Crippen molar-refractivity contribution in [3.63, 3.8) is 0 Å². The van der Waals surface area contributed by atoms with Crippen LogP contribution >= 0.6 is 0 Å². The quantitative estimate of drug-likeness (QED) is 0.678. The van der Waals surface area contributed by atoms with E-state index in [2.05, 4.69) is 18.7 Å². The molecular formula is C18H19NO2. The summed E-state index contributed by atoms with van der Waals surface area (Å²) in [6, 6.07) is 11.8. The minimum absolute atomic E-state index is 0.0648. The Morgan fingerprint density at radius 2 is 1.76 bits per heavy atom. The number of hydrogen-bond donors (Lipinski definition) is 0. The molecule has 1 aromatic heterocycles. The molecule has 3 aromatic rings. The normalized spacial score (nSPS) is 11.2. The Balaban J connectivity index is 2.42. The molecule has 0 atom stereocenters. The van der Waals surface area contributed by atoms with E-state index in [4.69, 9.17) is 4.42 Å². The largest absolute Gasteiger partial charge is 0.440 e. The minimum atomic E-state index is 0.0648. The number of anilines is 1. The second-order valence-corrected chi connectivity index (χ2v) is 5.19. The first kappa shape index (κ1) is 13.7. The summed E-state index contributed by atoms with van der Waals surface area (Å²) in [5.74, 6) is 0.688. The molecule has 0 aliphatic rings. The van der Waals surface area contributed by atoms with Crippen LogP contribution in [-0.2, 0) is 0 Å². The number of benzene rings is 2. The fourth-order valence-corrected chi connectivity index (χ4v) is 2.85. The highest BCUT2D eigenvalue weighted by atomic mass is 16.4. The van der Waals surface area contributed by atoms with Gasteiger partial charge in [0.05, 0.1) is 10.9 Å². The number of fused-ring (bicyclic) bond motifs is 3. The molecule has 0 saturated carbocycles. The minimum Gasteiger partial charge on any atom is -0.440 e. The lowest BCUT2D eigenvalue weighted by Gasteiger charge is -2.21. The molecule has 108 valence electrons.